The van der Waals surface area contributed by atoms with E-state index < -0.39 is 23.7 Å². The molecule has 0 aliphatic carbocycles. The van der Waals surface area contributed by atoms with Crippen molar-refractivity contribution in [1.82, 2.24) is 0 Å². The monoisotopic (exact) mass is 222 g/mol. The molecular formula is C10H10F4O. The summed E-state index contributed by atoms with van der Waals surface area (Å²) in [6.45, 7) is 1.43. The smallest absolute Gasteiger partial charge is 0.393 e. The van der Waals surface area contributed by atoms with Crippen LogP contribution in [0.5, 0.6) is 0 Å². The Morgan fingerprint density at radius 2 is 1.87 bits per heavy atom. The van der Waals surface area contributed by atoms with Crippen molar-refractivity contribution in [1.29, 1.82) is 0 Å². The fourth-order valence-corrected chi connectivity index (χ4v) is 1.27. The molecule has 5 heteroatoms. The summed E-state index contributed by atoms with van der Waals surface area (Å²) < 4.78 is 49.6. The van der Waals surface area contributed by atoms with Crippen molar-refractivity contribution in [3.8, 4) is 0 Å². The van der Waals surface area contributed by atoms with Crippen LogP contribution in [0.1, 0.15) is 18.1 Å². The Labute approximate surface area is 84.3 Å². The third kappa shape index (κ3) is 3.51. The molecule has 0 heterocycles. The fraction of sp³-hybridized carbons (Fsp3) is 0.400. The highest BCUT2D eigenvalue weighted by Crippen LogP contribution is 2.30. The SMILES string of the molecule is CC(O)Cc1cc(F)cc(C(F)(F)F)c1. The van der Waals surface area contributed by atoms with E-state index in [1.165, 1.54) is 6.92 Å². The quantitative estimate of drug-likeness (QED) is 0.763. The maximum Gasteiger partial charge on any atom is 0.416 e. The number of benzene rings is 1. The first-order chi connectivity index (χ1) is 6.79. The second-order valence-corrected chi connectivity index (χ2v) is 3.40. The molecule has 0 aliphatic rings. The molecule has 0 aromatic heterocycles. The average Bonchev–Trinajstić information content (AvgIpc) is 1.99. The molecule has 0 bridgehead atoms. The summed E-state index contributed by atoms with van der Waals surface area (Å²) in [5.41, 5.74) is -0.893. The molecule has 1 nitrogen and oxygen atoms in total. The number of aliphatic hydroxyl groups excluding tert-OH is 1. The molecule has 1 aromatic rings. The topological polar surface area (TPSA) is 20.2 Å². The average molecular weight is 222 g/mol. The van der Waals surface area contributed by atoms with E-state index in [0.717, 1.165) is 12.1 Å². The highest BCUT2D eigenvalue weighted by Gasteiger charge is 2.31. The molecule has 1 unspecified atom stereocenters. The largest absolute Gasteiger partial charge is 0.416 e. The molecule has 0 radical (unpaired) electrons. The van der Waals surface area contributed by atoms with Gasteiger partial charge in [-0.3, -0.25) is 0 Å². The Kier molecular flexibility index (Phi) is 3.34. The van der Waals surface area contributed by atoms with E-state index in [0.29, 0.717) is 6.07 Å². The highest BCUT2D eigenvalue weighted by atomic mass is 19.4. The van der Waals surface area contributed by atoms with Gasteiger partial charge >= 0.3 is 6.18 Å². The Hall–Kier alpha value is -1.10. The van der Waals surface area contributed by atoms with Gasteiger partial charge in [0, 0.05) is 0 Å². The minimum Gasteiger partial charge on any atom is -0.393 e. The van der Waals surface area contributed by atoms with Crippen LogP contribution in [0, 0.1) is 5.82 Å². The van der Waals surface area contributed by atoms with Crippen LogP contribution in [-0.2, 0) is 12.6 Å². The van der Waals surface area contributed by atoms with Crippen molar-refractivity contribution in [2.75, 3.05) is 0 Å². The van der Waals surface area contributed by atoms with Crippen LogP contribution < -0.4 is 0 Å². The van der Waals surface area contributed by atoms with Gasteiger partial charge in [0.2, 0.25) is 0 Å². The molecule has 0 saturated carbocycles. The first kappa shape index (κ1) is 12.0. The minimum atomic E-state index is -4.56. The van der Waals surface area contributed by atoms with Gasteiger partial charge in [-0.05, 0) is 37.1 Å². The van der Waals surface area contributed by atoms with Crippen LogP contribution in [0.15, 0.2) is 18.2 Å². The Morgan fingerprint density at radius 1 is 1.27 bits per heavy atom. The van der Waals surface area contributed by atoms with Crippen LogP contribution in [0.3, 0.4) is 0 Å². The van der Waals surface area contributed by atoms with Gasteiger partial charge in [-0.2, -0.15) is 13.2 Å². The van der Waals surface area contributed by atoms with Crippen molar-refractivity contribution in [3.05, 3.63) is 35.1 Å². The molecule has 84 valence electrons. The molecule has 1 rings (SSSR count). The summed E-state index contributed by atoms with van der Waals surface area (Å²) in [5, 5.41) is 8.99. The van der Waals surface area contributed by atoms with Crippen LogP contribution in [0.4, 0.5) is 17.6 Å². The molecule has 0 amide bonds. The second kappa shape index (κ2) is 4.18. The van der Waals surface area contributed by atoms with Crippen molar-refractivity contribution >= 4 is 0 Å². The fourth-order valence-electron chi connectivity index (χ4n) is 1.27. The van der Waals surface area contributed by atoms with Gasteiger partial charge in [-0.1, -0.05) is 0 Å². The molecule has 0 aliphatic heterocycles. The van der Waals surface area contributed by atoms with Gasteiger partial charge in [0.15, 0.2) is 0 Å². The Balaban J connectivity index is 3.06. The third-order valence-electron chi connectivity index (χ3n) is 1.82. The van der Waals surface area contributed by atoms with Crippen LogP contribution >= 0.6 is 0 Å². The van der Waals surface area contributed by atoms with Gasteiger partial charge in [0.25, 0.3) is 0 Å². The van der Waals surface area contributed by atoms with E-state index in [1.807, 2.05) is 0 Å². The van der Waals surface area contributed by atoms with Crippen molar-refractivity contribution in [2.45, 2.75) is 25.6 Å². The maximum absolute atomic E-state index is 12.8. The van der Waals surface area contributed by atoms with E-state index in [9.17, 15) is 17.6 Å². The Bertz CT molecular complexity index is 344. The molecule has 0 fully saturated rings. The Morgan fingerprint density at radius 3 is 2.33 bits per heavy atom. The lowest BCUT2D eigenvalue weighted by atomic mass is 10.1. The summed E-state index contributed by atoms with van der Waals surface area (Å²) in [5.74, 6) is -0.944. The summed E-state index contributed by atoms with van der Waals surface area (Å²) >= 11 is 0. The molecule has 1 aromatic carbocycles. The van der Waals surface area contributed by atoms with Crippen molar-refractivity contribution in [3.63, 3.8) is 0 Å². The molecule has 1 atom stereocenters. The lowest BCUT2D eigenvalue weighted by Crippen LogP contribution is -2.09. The molecule has 0 saturated heterocycles. The highest BCUT2D eigenvalue weighted by molar-refractivity contribution is 5.27. The van der Waals surface area contributed by atoms with Crippen LogP contribution in [-0.4, -0.2) is 11.2 Å². The zero-order valence-electron chi connectivity index (χ0n) is 7.98. The number of aliphatic hydroxyl groups is 1. The minimum absolute atomic E-state index is 0.000833. The first-order valence-corrected chi connectivity index (χ1v) is 4.34. The normalized spacial score (nSPS) is 14.0. The standard InChI is InChI=1S/C10H10F4O/c1-6(15)2-7-3-8(10(12,13)14)5-9(11)4-7/h3-6,15H,2H2,1H3. The number of halogens is 4. The van der Waals surface area contributed by atoms with Gasteiger partial charge in [-0.25, -0.2) is 4.39 Å². The zero-order chi connectivity index (χ0) is 11.6. The summed E-state index contributed by atoms with van der Waals surface area (Å²) in [6.07, 6.45) is -5.36. The number of rotatable bonds is 2. The third-order valence-corrected chi connectivity index (χ3v) is 1.82. The van der Waals surface area contributed by atoms with E-state index in [2.05, 4.69) is 0 Å². The maximum atomic E-state index is 12.8. The molecule has 1 N–H and O–H groups in total. The predicted octanol–water partition coefficient (Wildman–Crippen LogP) is 2.77. The van der Waals surface area contributed by atoms with Crippen LogP contribution in [0.25, 0.3) is 0 Å². The van der Waals surface area contributed by atoms with E-state index >= 15 is 0 Å². The summed E-state index contributed by atoms with van der Waals surface area (Å²) in [6, 6.07) is 2.27. The number of hydrogen-bond donors (Lipinski definition) is 1. The number of alkyl halides is 3. The van der Waals surface area contributed by atoms with Gasteiger partial charge in [-0.15, -0.1) is 0 Å². The lowest BCUT2D eigenvalue weighted by molar-refractivity contribution is -0.137. The van der Waals surface area contributed by atoms with Crippen molar-refractivity contribution < 1.29 is 22.7 Å². The summed E-state index contributed by atoms with van der Waals surface area (Å²) in [7, 11) is 0. The molecular weight excluding hydrogens is 212 g/mol. The van der Waals surface area contributed by atoms with Gasteiger partial charge in [0.1, 0.15) is 5.82 Å². The van der Waals surface area contributed by atoms with Gasteiger partial charge in [0.05, 0.1) is 11.7 Å². The van der Waals surface area contributed by atoms with Crippen LogP contribution in [0.2, 0.25) is 0 Å². The summed E-state index contributed by atoms with van der Waals surface area (Å²) in [4.78, 5) is 0. The van der Waals surface area contributed by atoms with E-state index in [4.69, 9.17) is 5.11 Å². The molecule has 15 heavy (non-hydrogen) atoms. The number of hydrogen-bond acceptors (Lipinski definition) is 1. The lowest BCUT2D eigenvalue weighted by Gasteiger charge is -2.10. The second-order valence-electron chi connectivity index (χ2n) is 3.40. The van der Waals surface area contributed by atoms with E-state index in [-0.39, 0.29) is 12.0 Å². The van der Waals surface area contributed by atoms with Gasteiger partial charge < -0.3 is 5.11 Å². The zero-order valence-corrected chi connectivity index (χ0v) is 7.98. The van der Waals surface area contributed by atoms with E-state index in [1.54, 1.807) is 0 Å². The first-order valence-electron chi connectivity index (χ1n) is 4.34. The molecule has 0 spiro atoms. The van der Waals surface area contributed by atoms with Crippen molar-refractivity contribution in [2.24, 2.45) is 0 Å². The predicted molar refractivity (Wildman–Crippen MR) is 46.8 cm³/mol.